The number of para-hydroxylation sites is 1. The number of nitrogens with two attached hydrogens (primary N) is 1. The lowest BCUT2D eigenvalue weighted by Gasteiger charge is -2.21. The molecule has 17 heavy (non-hydrogen) atoms. The van der Waals surface area contributed by atoms with Crippen molar-refractivity contribution in [2.24, 2.45) is 5.73 Å². The zero-order valence-electron chi connectivity index (χ0n) is 10.9. The first kappa shape index (κ1) is 13.7. The molecule has 3 nitrogen and oxygen atoms in total. The zero-order valence-corrected chi connectivity index (χ0v) is 10.9. The molecule has 0 bridgehead atoms. The summed E-state index contributed by atoms with van der Waals surface area (Å²) in [6.07, 6.45) is 2.33. The Morgan fingerprint density at radius 1 is 1.41 bits per heavy atom. The van der Waals surface area contributed by atoms with E-state index in [0.717, 1.165) is 24.1 Å². The van der Waals surface area contributed by atoms with Gasteiger partial charge in [-0.25, -0.2) is 0 Å². The summed E-state index contributed by atoms with van der Waals surface area (Å²) in [5, 5.41) is 0. The molecule has 0 aliphatic heterocycles. The van der Waals surface area contributed by atoms with Crippen LogP contribution in [0.2, 0.25) is 0 Å². The number of anilines is 1. The van der Waals surface area contributed by atoms with Crippen LogP contribution in [0.5, 0.6) is 0 Å². The highest BCUT2D eigenvalue weighted by Crippen LogP contribution is 2.18. The van der Waals surface area contributed by atoms with Crippen molar-refractivity contribution in [2.45, 2.75) is 39.2 Å². The van der Waals surface area contributed by atoms with E-state index in [4.69, 9.17) is 5.73 Å². The fourth-order valence-corrected chi connectivity index (χ4v) is 1.91. The minimum atomic E-state index is -0.0287. The van der Waals surface area contributed by atoms with E-state index in [2.05, 4.69) is 6.92 Å². The Kier molecular flexibility index (Phi) is 5.16. The Labute approximate surface area is 104 Å². The standard InChI is InChI=1S/C14H22N2O/c1-4-7-12(15)10-14(17)16(3)13-9-6-5-8-11(13)2/h5-6,8-9,12H,4,7,10,15H2,1-3H3. The van der Waals surface area contributed by atoms with Crippen LogP contribution in [0.3, 0.4) is 0 Å². The van der Waals surface area contributed by atoms with Gasteiger partial charge >= 0.3 is 0 Å². The maximum Gasteiger partial charge on any atom is 0.228 e. The molecule has 1 unspecified atom stereocenters. The van der Waals surface area contributed by atoms with Gasteiger partial charge in [-0.05, 0) is 25.0 Å². The maximum absolute atomic E-state index is 12.0. The number of hydrogen-bond acceptors (Lipinski definition) is 2. The summed E-state index contributed by atoms with van der Waals surface area (Å²) in [4.78, 5) is 13.7. The SMILES string of the molecule is CCCC(N)CC(=O)N(C)c1ccccc1C. The van der Waals surface area contributed by atoms with Crippen molar-refractivity contribution < 1.29 is 4.79 Å². The minimum absolute atomic E-state index is 0.0287. The highest BCUT2D eigenvalue weighted by atomic mass is 16.2. The molecule has 0 saturated carbocycles. The Bertz CT molecular complexity index is 376. The molecule has 1 aromatic carbocycles. The van der Waals surface area contributed by atoms with Crippen molar-refractivity contribution >= 4 is 11.6 Å². The van der Waals surface area contributed by atoms with E-state index >= 15 is 0 Å². The summed E-state index contributed by atoms with van der Waals surface area (Å²) in [6.45, 7) is 4.08. The summed E-state index contributed by atoms with van der Waals surface area (Å²) < 4.78 is 0. The van der Waals surface area contributed by atoms with Crippen LogP contribution in [0.1, 0.15) is 31.7 Å². The van der Waals surface area contributed by atoms with E-state index in [1.807, 2.05) is 38.2 Å². The average molecular weight is 234 g/mol. The van der Waals surface area contributed by atoms with E-state index in [9.17, 15) is 4.79 Å². The van der Waals surface area contributed by atoms with Gasteiger partial charge in [-0.3, -0.25) is 4.79 Å². The van der Waals surface area contributed by atoms with Crippen LogP contribution in [-0.2, 0) is 4.79 Å². The Balaban J connectivity index is 2.67. The number of carbonyl (C=O) groups excluding carboxylic acids is 1. The molecule has 0 saturated heterocycles. The smallest absolute Gasteiger partial charge is 0.228 e. The normalized spacial score (nSPS) is 12.2. The number of aryl methyl sites for hydroxylation is 1. The van der Waals surface area contributed by atoms with Gasteiger partial charge in [-0.15, -0.1) is 0 Å². The van der Waals surface area contributed by atoms with Crippen LogP contribution >= 0.6 is 0 Å². The first-order valence-electron chi connectivity index (χ1n) is 6.14. The topological polar surface area (TPSA) is 46.3 Å². The average Bonchev–Trinajstić information content (AvgIpc) is 2.29. The molecule has 0 fully saturated rings. The summed E-state index contributed by atoms with van der Waals surface area (Å²) in [7, 11) is 1.81. The first-order valence-corrected chi connectivity index (χ1v) is 6.14. The van der Waals surface area contributed by atoms with E-state index in [1.54, 1.807) is 4.90 Å². The maximum atomic E-state index is 12.0. The van der Waals surface area contributed by atoms with Crippen molar-refractivity contribution in [3.8, 4) is 0 Å². The summed E-state index contributed by atoms with van der Waals surface area (Å²) in [5.74, 6) is 0.0836. The molecule has 1 amide bonds. The van der Waals surface area contributed by atoms with Crippen molar-refractivity contribution in [3.63, 3.8) is 0 Å². The van der Waals surface area contributed by atoms with E-state index in [1.165, 1.54) is 0 Å². The largest absolute Gasteiger partial charge is 0.327 e. The monoisotopic (exact) mass is 234 g/mol. The minimum Gasteiger partial charge on any atom is -0.327 e. The number of hydrogen-bond donors (Lipinski definition) is 1. The number of rotatable bonds is 5. The van der Waals surface area contributed by atoms with Gasteiger partial charge < -0.3 is 10.6 Å². The molecule has 0 aliphatic carbocycles. The molecule has 0 aliphatic rings. The van der Waals surface area contributed by atoms with Crippen LogP contribution in [0, 0.1) is 6.92 Å². The van der Waals surface area contributed by atoms with E-state index in [-0.39, 0.29) is 11.9 Å². The predicted molar refractivity (Wildman–Crippen MR) is 72.1 cm³/mol. The number of carbonyl (C=O) groups is 1. The van der Waals surface area contributed by atoms with Crippen LogP contribution in [0.4, 0.5) is 5.69 Å². The van der Waals surface area contributed by atoms with Crippen molar-refractivity contribution in [1.29, 1.82) is 0 Å². The molecule has 1 rings (SSSR count). The van der Waals surface area contributed by atoms with Gasteiger partial charge in [0.1, 0.15) is 0 Å². The number of benzene rings is 1. The second-order valence-electron chi connectivity index (χ2n) is 4.49. The second kappa shape index (κ2) is 6.40. The van der Waals surface area contributed by atoms with Crippen LogP contribution in [0.15, 0.2) is 24.3 Å². The van der Waals surface area contributed by atoms with Gasteiger partial charge in [0.15, 0.2) is 0 Å². The lowest BCUT2D eigenvalue weighted by atomic mass is 10.1. The predicted octanol–water partition coefficient (Wildman–Crippen LogP) is 2.48. The molecule has 0 aromatic heterocycles. The van der Waals surface area contributed by atoms with Crippen molar-refractivity contribution in [2.75, 3.05) is 11.9 Å². The first-order chi connectivity index (χ1) is 8.06. The van der Waals surface area contributed by atoms with Crippen molar-refractivity contribution in [1.82, 2.24) is 0 Å². The van der Waals surface area contributed by atoms with Crippen LogP contribution < -0.4 is 10.6 Å². The van der Waals surface area contributed by atoms with E-state index in [0.29, 0.717) is 6.42 Å². The molecule has 0 spiro atoms. The van der Waals surface area contributed by atoms with Crippen LogP contribution in [-0.4, -0.2) is 19.0 Å². The third-order valence-electron chi connectivity index (χ3n) is 2.95. The summed E-state index contributed by atoms with van der Waals surface area (Å²) in [5.41, 5.74) is 7.96. The molecular weight excluding hydrogens is 212 g/mol. The van der Waals surface area contributed by atoms with E-state index < -0.39 is 0 Å². The molecule has 2 N–H and O–H groups in total. The summed E-state index contributed by atoms with van der Waals surface area (Å²) in [6, 6.07) is 7.85. The Hall–Kier alpha value is -1.35. The van der Waals surface area contributed by atoms with Gasteiger partial charge in [0, 0.05) is 25.2 Å². The highest BCUT2D eigenvalue weighted by molar-refractivity contribution is 5.93. The quantitative estimate of drug-likeness (QED) is 0.850. The van der Waals surface area contributed by atoms with Crippen LogP contribution in [0.25, 0.3) is 0 Å². The lowest BCUT2D eigenvalue weighted by molar-refractivity contribution is -0.118. The number of nitrogens with zero attached hydrogens (tertiary/aromatic N) is 1. The zero-order chi connectivity index (χ0) is 12.8. The fraction of sp³-hybridized carbons (Fsp3) is 0.500. The number of amides is 1. The molecule has 94 valence electrons. The van der Waals surface area contributed by atoms with Gasteiger partial charge in [0.2, 0.25) is 5.91 Å². The third kappa shape index (κ3) is 3.86. The van der Waals surface area contributed by atoms with Crippen molar-refractivity contribution in [3.05, 3.63) is 29.8 Å². The Morgan fingerprint density at radius 3 is 2.65 bits per heavy atom. The fourth-order valence-electron chi connectivity index (χ4n) is 1.91. The molecule has 0 radical (unpaired) electrons. The summed E-state index contributed by atoms with van der Waals surface area (Å²) >= 11 is 0. The second-order valence-corrected chi connectivity index (χ2v) is 4.49. The molecule has 3 heteroatoms. The Morgan fingerprint density at radius 2 is 2.06 bits per heavy atom. The van der Waals surface area contributed by atoms with Gasteiger partial charge in [0.25, 0.3) is 0 Å². The lowest BCUT2D eigenvalue weighted by Crippen LogP contribution is -2.33. The molecule has 1 aromatic rings. The van der Waals surface area contributed by atoms with Gasteiger partial charge in [-0.2, -0.15) is 0 Å². The third-order valence-corrected chi connectivity index (χ3v) is 2.95. The van der Waals surface area contributed by atoms with Gasteiger partial charge in [-0.1, -0.05) is 31.5 Å². The highest BCUT2D eigenvalue weighted by Gasteiger charge is 2.15. The molecule has 1 atom stereocenters. The molecule has 0 heterocycles. The van der Waals surface area contributed by atoms with Gasteiger partial charge in [0.05, 0.1) is 0 Å². The molecular formula is C14H22N2O.